The van der Waals surface area contributed by atoms with Gasteiger partial charge in [0.25, 0.3) is 11.6 Å². The molecule has 0 saturated carbocycles. The number of amides is 2. The monoisotopic (exact) mass is 343 g/mol. The molecule has 0 radical (unpaired) electrons. The Hall–Kier alpha value is -3.42. The molecule has 25 heavy (non-hydrogen) atoms. The number of hydrogen-bond acceptors (Lipinski definition) is 5. The molecular formula is C17H17N3O5. The molecule has 8 heteroatoms. The normalized spacial score (nSPS) is 10.1. The van der Waals surface area contributed by atoms with Crippen molar-refractivity contribution < 1.29 is 19.2 Å². The molecule has 0 spiro atoms. The number of carbonyl (C=O) groups excluding carboxylic acids is 2. The number of nitro groups is 1. The van der Waals surface area contributed by atoms with Crippen molar-refractivity contribution in [2.75, 3.05) is 18.1 Å². The standard InChI is InChI=1S/C17H17N3O5/c18-16(21)9-10-19(13-5-2-1-3-6-13)17(22)12-25-15-8-4-7-14(11-15)20(23)24/h1-8,11H,9-10,12H2,(H2,18,21). The SMILES string of the molecule is NC(=O)CCN(C(=O)COc1cccc([N+](=O)[O-])c1)c1ccccc1. The fraction of sp³-hybridized carbons (Fsp3) is 0.176. The largest absolute Gasteiger partial charge is 0.483 e. The molecule has 0 aromatic heterocycles. The van der Waals surface area contributed by atoms with Gasteiger partial charge >= 0.3 is 0 Å². The topological polar surface area (TPSA) is 116 Å². The van der Waals surface area contributed by atoms with E-state index in [1.54, 1.807) is 30.3 Å². The first-order chi connectivity index (χ1) is 12.0. The van der Waals surface area contributed by atoms with Crippen LogP contribution < -0.4 is 15.4 Å². The summed E-state index contributed by atoms with van der Waals surface area (Å²) in [6.45, 7) is -0.203. The van der Waals surface area contributed by atoms with Gasteiger partial charge in [-0.1, -0.05) is 24.3 Å². The quantitative estimate of drug-likeness (QED) is 0.580. The fourth-order valence-electron chi connectivity index (χ4n) is 2.14. The Kier molecular flexibility index (Phi) is 6.05. The van der Waals surface area contributed by atoms with Gasteiger partial charge in [-0.15, -0.1) is 0 Å². The van der Waals surface area contributed by atoms with Crippen LogP contribution in [0.1, 0.15) is 6.42 Å². The summed E-state index contributed by atoms with van der Waals surface area (Å²) in [4.78, 5) is 35.1. The molecule has 0 aliphatic heterocycles. The summed E-state index contributed by atoms with van der Waals surface area (Å²) in [7, 11) is 0. The van der Waals surface area contributed by atoms with Crippen LogP contribution in [-0.4, -0.2) is 29.9 Å². The predicted octanol–water partition coefficient (Wildman–Crippen LogP) is 1.88. The van der Waals surface area contributed by atoms with Crippen LogP contribution >= 0.6 is 0 Å². The molecular weight excluding hydrogens is 326 g/mol. The molecule has 130 valence electrons. The molecule has 2 rings (SSSR count). The molecule has 0 heterocycles. The number of para-hydroxylation sites is 1. The van der Waals surface area contributed by atoms with Crippen LogP contribution in [0.3, 0.4) is 0 Å². The van der Waals surface area contributed by atoms with Gasteiger partial charge < -0.3 is 15.4 Å². The van der Waals surface area contributed by atoms with Crippen LogP contribution in [0.2, 0.25) is 0 Å². The second-order valence-corrected chi connectivity index (χ2v) is 5.14. The van der Waals surface area contributed by atoms with Gasteiger partial charge in [-0.3, -0.25) is 19.7 Å². The van der Waals surface area contributed by atoms with Gasteiger partial charge in [-0.05, 0) is 18.2 Å². The zero-order valence-corrected chi connectivity index (χ0v) is 13.3. The van der Waals surface area contributed by atoms with Gasteiger partial charge in [-0.2, -0.15) is 0 Å². The number of nitro benzene ring substituents is 1. The van der Waals surface area contributed by atoms with Crippen molar-refractivity contribution >= 4 is 23.2 Å². The summed E-state index contributed by atoms with van der Waals surface area (Å²) in [5.74, 6) is -0.697. The van der Waals surface area contributed by atoms with Crippen LogP contribution in [0, 0.1) is 10.1 Å². The van der Waals surface area contributed by atoms with E-state index in [2.05, 4.69) is 0 Å². The summed E-state index contributed by atoms with van der Waals surface area (Å²) < 4.78 is 5.36. The van der Waals surface area contributed by atoms with E-state index >= 15 is 0 Å². The molecule has 2 aromatic rings. The Morgan fingerprint density at radius 2 is 1.84 bits per heavy atom. The lowest BCUT2D eigenvalue weighted by Gasteiger charge is -2.22. The first-order valence-corrected chi connectivity index (χ1v) is 7.48. The first-order valence-electron chi connectivity index (χ1n) is 7.48. The smallest absolute Gasteiger partial charge is 0.273 e. The highest BCUT2D eigenvalue weighted by Gasteiger charge is 2.17. The molecule has 0 atom stereocenters. The lowest BCUT2D eigenvalue weighted by Crippen LogP contribution is -2.37. The second kappa shape index (κ2) is 8.44. The summed E-state index contributed by atoms with van der Waals surface area (Å²) in [5, 5.41) is 10.8. The van der Waals surface area contributed by atoms with E-state index in [1.807, 2.05) is 0 Å². The molecule has 0 aliphatic rings. The van der Waals surface area contributed by atoms with Crippen molar-refractivity contribution in [3.05, 3.63) is 64.7 Å². The summed E-state index contributed by atoms with van der Waals surface area (Å²) in [6.07, 6.45) is 0.0114. The number of ether oxygens (including phenoxy) is 1. The molecule has 0 fully saturated rings. The van der Waals surface area contributed by atoms with Gasteiger partial charge in [0.15, 0.2) is 6.61 Å². The highest BCUT2D eigenvalue weighted by molar-refractivity contribution is 5.95. The lowest BCUT2D eigenvalue weighted by molar-refractivity contribution is -0.384. The predicted molar refractivity (Wildman–Crippen MR) is 91.2 cm³/mol. The number of nitrogens with two attached hydrogens (primary N) is 1. The van der Waals surface area contributed by atoms with E-state index in [9.17, 15) is 19.7 Å². The number of nitrogens with zero attached hydrogens (tertiary/aromatic N) is 2. The average molecular weight is 343 g/mol. The maximum absolute atomic E-state index is 12.5. The first kappa shape index (κ1) is 17.9. The van der Waals surface area contributed by atoms with E-state index in [-0.39, 0.29) is 36.9 Å². The van der Waals surface area contributed by atoms with Crippen LogP contribution in [0.25, 0.3) is 0 Å². The summed E-state index contributed by atoms with van der Waals surface area (Å²) >= 11 is 0. The van der Waals surface area contributed by atoms with E-state index in [0.717, 1.165) is 0 Å². The van der Waals surface area contributed by atoms with Crippen molar-refractivity contribution in [3.63, 3.8) is 0 Å². The highest BCUT2D eigenvalue weighted by Crippen LogP contribution is 2.20. The maximum atomic E-state index is 12.5. The van der Waals surface area contributed by atoms with E-state index in [0.29, 0.717) is 5.69 Å². The molecule has 0 aliphatic carbocycles. The second-order valence-electron chi connectivity index (χ2n) is 5.14. The number of benzene rings is 2. The van der Waals surface area contributed by atoms with E-state index in [1.165, 1.54) is 29.2 Å². The van der Waals surface area contributed by atoms with E-state index < -0.39 is 10.8 Å². The van der Waals surface area contributed by atoms with Crippen molar-refractivity contribution in [3.8, 4) is 5.75 Å². The minimum absolute atomic E-state index is 0.0114. The van der Waals surface area contributed by atoms with Gasteiger partial charge in [0, 0.05) is 24.7 Å². The van der Waals surface area contributed by atoms with Gasteiger partial charge in [0.1, 0.15) is 5.75 Å². The Morgan fingerprint density at radius 1 is 1.12 bits per heavy atom. The minimum Gasteiger partial charge on any atom is -0.483 e. The fourth-order valence-corrected chi connectivity index (χ4v) is 2.14. The lowest BCUT2D eigenvalue weighted by atomic mass is 10.2. The zero-order valence-electron chi connectivity index (χ0n) is 13.3. The van der Waals surface area contributed by atoms with Crippen LogP contribution in [0.5, 0.6) is 5.75 Å². The number of hydrogen-bond donors (Lipinski definition) is 1. The van der Waals surface area contributed by atoms with Crippen molar-refractivity contribution in [1.29, 1.82) is 0 Å². The Balaban J connectivity index is 2.07. The molecule has 8 nitrogen and oxygen atoms in total. The average Bonchev–Trinajstić information content (AvgIpc) is 2.61. The molecule has 2 amide bonds. The molecule has 0 saturated heterocycles. The maximum Gasteiger partial charge on any atom is 0.273 e. The summed E-state index contributed by atoms with van der Waals surface area (Å²) in [6, 6.07) is 14.4. The van der Waals surface area contributed by atoms with Crippen LogP contribution in [0.4, 0.5) is 11.4 Å². The van der Waals surface area contributed by atoms with Gasteiger partial charge in [-0.25, -0.2) is 0 Å². The Bertz CT molecular complexity index is 764. The van der Waals surface area contributed by atoms with Crippen molar-refractivity contribution in [1.82, 2.24) is 0 Å². The summed E-state index contributed by atoms with van der Waals surface area (Å²) in [5.41, 5.74) is 5.64. The number of rotatable bonds is 8. The zero-order chi connectivity index (χ0) is 18.2. The van der Waals surface area contributed by atoms with Crippen molar-refractivity contribution in [2.24, 2.45) is 5.73 Å². The molecule has 0 unspecified atom stereocenters. The van der Waals surface area contributed by atoms with Crippen LogP contribution in [-0.2, 0) is 9.59 Å². The van der Waals surface area contributed by atoms with Crippen LogP contribution in [0.15, 0.2) is 54.6 Å². The van der Waals surface area contributed by atoms with E-state index in [4.69, 9.17) is 10.5 Å². The third kappa shape index (κ3) is 5.31. The van der Waals surface area contributed by atoms with Gasteiger partial charge in [0.2, 0.25) is 5.91 Å². The molecule has 2 N–H and O–H groups in total. The Morgan fingerprint density at radius 3 is 2.48 bits per heavy atom. The highest BCUT2D eigenvalue weighted by atomic mass is 16.6. The number of primary amides is 1. The number of anilines is 1. The van der Waals surface area contributed by atoms with Crippen molar-refractivity contribution in [2.45, 2.75) is 6.42 Å². The number of carbonyl (C=O) groups is 2. The molecule has 0 bridgehead atoms. The van der Waals surface area contributed by atoms with Gasteiger partial charge in [0.05, 0.1) is 11.0 Å². The third-order valence-corrected chi connectivity index (χ3v) is 3.34. The molecule has 2 aromatic carbocycles. The Labute approximate surface area is 144 Å². The minimum atomic E-state index is -0.544. The third-order valence-electron chi connectivity index (χ3n) is 3.34. The number of non-ortho nitro benzene ring substituents is 1.